The lowest BCUT2D eigenvalue weighted by atomic mass is 9.87. The maximum Gasteiger partial charge on any atom is 0.315 e. The van der Waals surface area contributed by atoms with Gasteiger partial charge in [0.15, 0.2) is 0 Å². The van der Waals surface area contributed by atoms with Crippen molar-refractivity contribution in [3.63, 3.8) is 0 Å². The topological polar surface area (TPSA) is 70.6 Å². The van der Waals surface area contributed by atoms with Gasteiger partial charge in [-0.25, -0.2) is 4.79 Å². The highest BCUT2D eigenvalue weighted by atomic mass is 16.5. The Morgan fingerprint density at radius 3 is 2.76 bits per heavy atom. The molecule has 0 bridgehead atoms. The normalized spacial score (nSPS) is 21.6. The van der Waals surface area contributed by atoms with Crippen molar-refractivity contribution in [3.05, 3.63) is 29.8 Å². The predicted molar refractivity (Wildman–Crippen MR) is 99.7 cm³/mol. The molecule has 2 rings (SSSR count). The van der Waals surface area contributed by atoms with Crippen LogP contribution in [0.4, 0.5) is 4.79 Å². The number of carbonyl (C=O) groups excluding carboxylic acids is 1. The quantitative estimate of drug-likeness (QED) is 0.704. The Morgan fingerprint density at radius 1 is 1.32 bits per heavy atom. The van der Waals surface area contributed by atoms with Crippen LogP contribution in [0.2, 0.25) is 0 Å². The summed E-state index contributed by atoms with van der Waals surface area (Å²) < 4.78 is 5.46. The van der Waals surface area contributed by atoms with Crippen LogP contribution in [0.3, 0.4) is 0 Å². The molecule has 3 atom stereocenters. The van der Waals surface area contributed by atoms with Crippen molar-refractivity contribution < 1.29 is 14.6 Å². The van der Waals surface area contributed by atoms with Gasteiger partial charge >= 0.3 is 6.03 Å². The van der Waals surface area contributed by atoms with Gasteiger partial charge in [-0.1, -0.05) is 38.5 Å². The third-order valence-corrected chi connectivity index (χ3v) is 4.83. The molecule has 0 heterocycles. The van der Waals surface area contributed by atoms with E-state index in [1.165, 1.54) is 0 Å². The molecule has 3 unspecified atom stereocenters. The van der Waals surface area contributed by atoms with Gasteiger partial charge in [-0.15, -0.1) is 0 Å². The highest BCUT2D eigenvalue weighted by Gasteiger charge is 2.22. The van der Waals surface area contributed by atoms with Crippen LogP contribution in [-0.4, -0.2) is 30.9 Å². The molecule has 1 aliphatic rings. The molecule has 0 aromatic heterocycles. The number of ether oxygens (including phenoxy) is 1. The van der Waals surface area contributed by atoms with E-state index in [-0.39, 0.29) is 18.2 Å². The second-order valence-corrected chi connectivity index (χ2v) is 7.46. The van der Waals surface area contributed by atoms with E-state index in [0.717, 1.165) is 43.4 Å². The first-order valence-electron chi connectivity index (χ1n) is 9.35. The molecule has 5 nitrogen and oxygen atoms in total. The van der Waals surface area contributed by atoms with E-state index in [0.29, 0.717) is 18.4 Å². The monoisotopic (exact) mass is 348 g/mol. The molecule has 3 N–H and O–H groups in total. The number of methoxy groups -OCH3 is 1. The first kappa shape index (κ1) is 19.6. The number of aliphatic hydroxyl groups is 1. The van der Waals surface area contributed by atoms with Crippen molar-refractivity contribution in [3.8, 4) is 5.75 Å². The van der Waals surface area contributed by atoms with Crippen LogP contribution in [0, 0.1) is 11.8 Å². The lowest BCUT2D eigenvalue weighted by Gasteiger charge is -2.27. The zero-order chi connectivity index (χ0) is 18.2. The van der Waals surface area contributed by atoms with Crippen LogP contribution in [0.25, 0.3) is 0 Å². The van der Waals surface area contributed by atoms with Gasteiger partial charge in [-0.05, 0) is 43.6 Å². The summed E-state index contributed by atoms with van der Waals surface area (Å²) in [4.78, 5) is 12.4. The molecule has 1 aromatic carbocycles. The van der Waals surface area contributed by atoms with Gasteiger partial charge in [0.1, 0.15) is 5.75 Å². The number of amides is 2. The second-order valence-electron chi connectivity index (χ2n) is 7.46. The second kappa shape index (κ2) is 9.66. The van der Waals surface area contributed by atoms with Gasteiger partial charge in [0.25, 0.3) is 0 Å². The Hall–Kier alpha value is -1.75. The number of benzene rings is 1. The molecule has 2 amide bonds. The molecule has 0 radical (unpaired) electrons. The summed E-state index contributed by atoms with van der Waals surface area (Å²) in [6, 6.07) is 7.58. The molecule has 5 heteroatoms. The van der Waals surface area contributed by atoms with E-state index in [1.807, 2.05) is 24.3 Å². The molecule has 25 heavy (non-hydrogen) atoms. The molecule has 140 valence electrons. The minimum absolute atomic E-state index is 0.0897. The van der Waals surface area contributed by atoms with Crippen LogP contribution in [0.15, 0.2) is 24.3 Å². The number of nitrogens with one attached hydrogen (secondary N) is 2. The number of carbonyl (C=O) groups is 1. The Bertz CT molecular complexity index is 547. The lowest BCUT2D eigenvalue weighted by Crippen LogP contribution is -2.41. The fraction of sp³-hybridized carbons (Fsp3) is 0.650. The lowest BCUT2D eigenvalue weighted by molar-refractivity contribution is 0.101. The van der Waals surface area contributed by atoms with Crippen molar-refractivity contribution in [2.75, 3.05) is 13.7 Å². The van der Waals surface area contributed by atoms with Gasteiger partial charge in [0, 0.05) is 12.1 Å². The first-order chi connectivity index (χ1) is 12.0. The number of aliphatic hydroxyl groups excluding tert-OH is 1. The summed E-state index contributed by atoms with van der Waals surface area (Å²) in [6.07, 6.45) is 4.39. The summed E-state index contributed by atoms with van der Waals surface area (Å²) in [5, 5.41) is 15.8. The van der Waals surface area contributed by atoms with Gasteiger partial charge < -0.3 is 20.5 Å². The maximum atomic E-state index is 12.4. The summed E-state index contributed by atoms with van der Waals surface area (Å²) in [5.74, 6) is 1.61. The van der Waals surface area contributed by atoms with Crippen LogP contribution < -0.4 is 15.4 Å². The number of rotatable bonds is 7. The summed E-state index contributed by atoms with van der Waals surface area (Å²) in [5.41, 5.74) is 1.00. The summed E-state index contributed by atoms with van der Waals surface area (Å²) in [6.45, 7) is 4.90. The van der Waals surface area contributed by atoms with Crippen molar-refractivity contribution in [1.82, 2.24) is 10.6 Å². The van der Waals surface area contributed by atoms with Crippen molar-refractivity contribution in [2.24, 2.45) is 11.8 Å². The highest BCUT2D eigenvalue weighted by molar-refractivity contribution is 5.74. The van der Waals surface area contributed by atoms with E-state index in [9.17, 15) is 9.90 Å². The number of hydrogen-bond donors (Lipinski definition) is 3. The zero-order valence-corrected chi connectivity index (χ0v) is 15.6. The number of para-hydroxylation sites is 1. The third-order valence-electron chi connectivity index (χ3n) is 4.83. The molecular weight excluding hydrogens is 316 g/mol. The number of urea groups is 1. The van der Waals surface area contributed by atoms with E-state index in [4.69, 9.17) is 4.74 Å². The fourth-order valence-corrected chi connectivity index (χ4v) is 3.58. The van der Waals surface area contributed by atoms with Crippen molar-refractivity contribution in [1.29, 1.82) is 0 Å². The zero-order valence-electron chi connectivity index (χ0n) is 15.6. The van der Waals surface area contributed by atoms with Crippen LogP contribution in [0.1, 0.15) is 57.6 Å². The summed E-state index contributed by atoms with van der Waals surface area (Å²) in [7, 11) is 1.65. The minimum Gasteiger partial charge on any atom is -0.496 e. The Balaban J connectivity index is 1.95. The smallest absolute Gasteiger partial charge is 0.315 e. The summed E-state index contributed by atoms with van der Waals surface area (Å²) >= 11 is 0. The molecule has 1 fully saturated rings. The number of hydrogen-bond acceptors (Lipinski definition) is 3. The van der Waals surface area contributed by atoms with Crippen LogP contribution >= 0.6 is 0 Å². The molecule has 1 saturated carbocycles. The van der Waals surface area contributed by atoms with E-state index in [2.05, 4.69) is 24.5 Å². The standard InChI is InChI=1S/C20H32N2O3/c1-14(2)11-18(17-9-4-5-10-19(17)25-3)22-20(24)21-13-15-7-6-8-16(23)12-15/h4-5,9-10,14-16,18,23H,6-8,11-13H2,1-3H3,(H2,21,22,24). The third kappa shape index (κ3) is 6.24. The van der Waals surface area contributed by atoms with Crippen molar-refractivity contribution in [2.45, 2.75) is 58.1 Å². The minimum atomic E-state index is -0.217. The molecule has 0 aliphatic heterocycles. The average molecular weight is 348 g/mol. The van der Waals surface area contributed by atoms with E-state index < -0.39 is 0 Å². The van der Waals surface area contributed by atoms with Crippen LogP contribution in [-0.2, 0) is 0 Å². The molecule has 0 spiro atoms. The van der Waals surface area contributed by atoms with Gasteiger partial charge in [0.05, 0.1) is 19.3 Å². The SMILES string of the molecule is COc1ccccc1C(CC(C)C)NC(=O)NCC1CCCC(O)C1. The van der Waals surface area contributed by atoms with Gasteiger partial charge in [-0.2, -0.15) is 0 Å². The Kier molecular flexibility index (Phi) is 7.56. The van der Waals surface area contributed by atoms with Crippen molar-refractivity contribution >= 4 is 6.03 Å². The van der Waals surface area contributed by atoms with Crippen LogP contribution in [0.5, 0.6) is 5.75 Å². The fourth-order valence-electron chi connectivity index (χ4n) is 3.58. The molecular formula is C20H32N2O3. The maximum absolute atomic E-state index is 12.4. The molecule has 1 aliphatic carbocycles. The van der Waals surface area contributed by atoms with E-state index >= 15 is 0 Å². The largest absolute Gasteiger partial charge is 0.496 e. The average Bonchev–Trinajstić information content (AvgIpc) is 2.59. The highest BCUT2D eigenvalue weighted by Crippen LogP contribution is 2.29. The first-order valence-corrected chi connectivity index (χ1v) is 9.35. The predicted octanol–water partition coefficient (Wildman–Crippen LogP) is 3.63. The van der Waals surface area contributed by atoms with Gasteiger partial charge in [-0.3, -0.25) is 0 Å². The van der Waals surface area contributed by atoms with E-state index in [1.54, 1.807) is 7.11 Å². The molecule has 0 saturated heterocycles. The Labute approximate surface area is 151 Å². The molecule has 1 aromatic rings. The van der Waals surface area contributed by atoms with Gasteiger partial charge in [0.2, 0.25) is 0 Å². The Morgan fingerprint density at radius 2 is 2.08 bits per heavy atom.